The SMILES string of the molecule is O=C(C1CCCN1C(=O)c1ccccc1O)N1CCC(C(=O)C(F)(F)F)CC1. The van der Waals surface area contributed by atoms with Gasteiger partial charge in [-0.25, -0.2) is 0 Å². The highest BCUT2D eigenvalue weighted by Crippen LogP contribution is 2.30. The van der Waals surface area contributed by atoms with Gasteiger partial charge >= 0.3 is 6.18 Å². The van der Waals surface area contributed by atoms with Crippen LogP contribution in [0.1, 0.15) is 36.0 Å². The summed E-state index contributed by atoms with van der Waals surface area (Å²) < 4.78 is 37.7. The Labute approximate surface area is 159 Å². The number of amides is 2. The number of alkyl halides is 3. The third kappa shape index (κ3) is 3.98. The number of ketones is 1. The van der Waals surface area contributed by atoms with E-state index in [0.29, 0.717) is 19.4 Å². The van der Waals surface area contributed by atoms with E-state index in [2.05, 4.69) is 0 Å². The van der Waals surface area contributed by atoms with Crippen LogP contribution < -0.4 is 0 Å². The molecular formula is C19H21F3N2O4. The van der Waals surface area contributed by atoms with Gasteiger partial charge in [0.1, 0.15) is 11.8 Å². The van der Waals surface area contributed by atoms with Crippen molar-refractivity contribution in [2.45, 2.75) is 37.9 Å². The largest absolute Gasteiger partial charge is 0.507 e. The number of benzene rings is 1. The zero-order chi connectivity index (χ0) is 20.5. The normalized spacial score (nSPS) is 21.0. The zero-order valence-corrected chi connectivity index (χ0v) is 15.1. The van der Waals surface area contributed by atoms with Gasteiger partial charge in [-0.3, -0.25) is 14.4 Å². The molecule has 1 aromatic carbocycles. The fourth-order valence-corrected chi connectivity index (χ4v) is 3.88. The molecule has 0 aliphatic carbocycles. The van der Waals surface area contributed by atoms with Gasteiger partial charge in [-0.05, 0) is 37.8 Å². The quantitative estimate of drug-likeness (QED) is 0.848. The molecule has 0 saturated carbocycles. The first-order valence-electron chi connectivity index (χ1n) is 9.19. The number of likely N-dealkylation sites (tertiary alicyclic amines) is 2. The maximum atomic E-state index is 12.9. The van der Waals surface area contributed by atoms with Crippen molar-refractivity contribution in [2.24, 2.45) is 5.92 Å². The van der Waals surface area contributed by atoms with E-state index in [1.165, 1.54) is 21.9 Å². The molecule has 2 aliphatic rings. The standard InChI is InChI=1S/C19H21F3N2O4/c20-19(21,22)16(26)12-7-10-23(11-8-12)18(28)14-5-3-9-24(14)17(27)13-4-1-2-6-15(13)25/h1-2,4,6,12,14,25H,3,5,7-11H2. The van der Waals surface area contributed by atoms with Gasteiger partial charge in [0.15, 0.2) is 0 Å². The van der Waals surface area contributed by atoms with E-state index in [1.54, 1.807) is 12.1 Å². The summed E-state index contributed by atoms with van der Waals surface area (Å²) in [5.41, 5.74) is 0.108. The number of para-hydroxylation sites is 1. The van der Waals surface area contributed by atoms with Gasteiger partial charge in [0, 0.05) is 25.6 Å². The predicted molar refractivity (Wildman–Crippen MR) is 92.5 cm³/mol. The van der Waals surface area contributed by atoms with Crippen molar-refractivity contribution in [1.82, 2.24) is 9.80 Å². The number of phenols is 1. The molecule has 1 unspecified atom stereocenters. The third-order valence-corrected chi connectivity index (χ3v) is 5.39. The van der Waals surface area contributed by atoms with Crippen molar-refractivity contribution in [3.63, 3.8) is 0 Å². The maximum Gasteiger partial charge on any atom is 0.450 e. The monoisotopic (exact) mass is 398 g/mol. The minimum atomic E-state index is -4.86. The number of phenolic OH excluding ortho intramolecular Hbond substituents is 1. The predicted octanol–water partition coefficient (Wildman–Crippen LogP) is 2.37. The lowest BCUT2D eigenvalue weighted by atomic mass is 9.91. The van der Waals surface area contributed by atoms with Gasteiger partial charge in [-0.1, -0.05) is 12.1 Å². The molecule has 0 spiro atoms. The van der Waals surface area contributed by atoms with Crippen LogP contribution in [0.5, 0.6) is 5.75 Å². The van der Waals surface area contributed by atoms with Crippen LogP contribution in [-0.4, -0.2) is 64.4 Å². The minimum Gasteiger partial charge on any atom is -0.507 e. The van der Waals surface area contributed by atoms with Crippen LogP contribution >= 0.6 is 0 Å². The molecule has 2 heterocycles. The Morgan fingerprint density at radius 3 is 2.25 bits per heavy atom. The van der Waals surface area contributed by atoms with Crippen molar-refractivity contribution in [1.29, 1.82) is 0 Å². The first-order chi connectivity index (χ1) is 13.2. The minimum absolute atomic E-state index is 0.0375. The molecule has 0 radical (unpaired) electrons. The van der Waals surface area contributed by atoms with E-state index in [4.69, 9.17) is 0 Å². The fourth-order valence-electron chi connectivity index (χ4n) is 3.88. The number of aromatic hydroxyl groups is 1. The number of piperidine rings is 1. The molecule has 0 bridgehead atoms. The number of nitrogens with zero attached hydrogens (tertiary/aromatic N) is 2. The Morgan fingerprint density at radius 1 is 1.00 bits per heavy atom. The third-order valence-electron chi connectivity index (χ3n) is 5.39. The van der Waals surface area contributed by atoms with E-state index in [1.807, 2.05) is 0 Å². The van der Waals surface area contributed by atoms with E-state index in [-0.39, 0.29) is 43.2 Å². The van der Waals surface area contributed by atoms with Crippen LogP contribution in [0.15, 0.2) is 24.3 Å². The number of halogens is 3. The van der Waals surface area contributed by atoms with E-state index < -0.39 is 29.8 Å². The molecule has 152 valence electrons. The Bertz CT molecular complexity index is 773. The highest BCUT2D eigenvalue weighted by Gasteiger charge is 2.45. The second kappa shape index (κ2) is 7.81. The van der Waals surface area contributed by atoms with E-state index in [9.17, 15) is 32.7 Å². The van der Waals surface area contributed by atoms with Crippen molar-refractivity contribution >= 4 is 17.6 Å². The second-order valence-corrected chi connectivity index (χ2v) is 7.14. The van der Waals surface area contributed by atoms with Crippen molar-refractivity contribution < 1.29 is 32.7 Å². The first-order valence-corrected chi connectivity index (χ1v) is 9.19. The fraction of sp³-hybridized carbons (Fsp3) is 0.526. The average Bonchev–Trinajstić information content (AvgIpc) is 3.16. The van der Waals surface area contributed by atoms with Crippen molar-refractivity contribution in [3.8, 4) is 5.75 Å². The van der Waals surface area contributed by atoms with Crippen molar-refractivity contribution in [3.05, 3.63) is 29.8 Å². The van der Waals surface area contributed by atoms with Crippen LogP contribution in [0, 0.1) is 5.92 Å². The molecule has 2 amide bonds. The molecule has 1 N–H and O–H groups in total. The second-order valence-electron chi connectivity index (χ2n) is 7.14. The van der Waals surface area contributed by atoms with Crippen LogP contribution in [0.2, 0.25) is 0 Å². The number of Topliss-reactive ketones (excluding diaryl/α,β-unsaturated/α-hetero) is 1. The number of hydrogen-bond acceptors (Lipinski definition) is 4. The van der Waals surface area contributed by atoms with Gasteiger partial charge < -0.3 is 14.9 Å². The van der Waals surface area contributed by atoms with Crippen LogP contribution in [-0.2, 0) is 9.59 Å². The lowest BCUT2D eigenvalue weighted by Crippen LogP contribution is -2.51. The average molecular weight is 398 g/mol. The molecule has 3 rings (SSSR count). The molecule has 2 saturated heterocycles. The molecule has 0 aromatic heterocycles. The van der Waals surface area contributed by atoms with Gasteiger partial charge in [-0.15, -0.1) is 0 Å². The topological polar surface area (TPSA) is 77.9 Å². The Balaban J connectivity index is 1.65. The summed E-state index contributed by atoms with van der Waals surface area (Å²) in [6.07, 6.45) is -3.85. The van der Waals surface area contributed by atoms with Gasteiger partial charge in [-0.2, -0.15) is 13.2 Å². The summed E-state index contributed by atoms with van der Waals surface area (Å²) in [7, 11) is 0. The molecular weight excluding hydrogens is 377 g/mol. The van der Waals surface area contributed by atoms with Crippen LogP contribution in [0.4, 0.5) is 13.2 Å². The summed E-state index contributed by atoms with van der Waals surface area (Å²) in [6.45, 7) is 0.480. The highest BCUT2D eigenvalue weighted by atomic mass is 19.4. The summed E-state index contributed by atoms with van der Waals surface area (Å²) in [6, 6.07) is 5.36. The number of carbonyl (C=O) groups excluding carboxylic acids is 3. The first kappa shape index (κ1) is 20.2. The lowest BCUT2D eigenvalue weighted by molar-refractivity contribution is -0.177. The van der Waals surface area contributed by atoms with Gasteiger partial charge in [0.2, 0.25) is 11.7 Å². The number of rotatable bonds is 3. The van der Waals surface area contributed by atoms with Gasteiger partial charge in [0.05, 0.1) is 5.56 Å². The summed E-state index contributed by atoms with van der Waals surface area (Å²) in [5, 5.41) is 9.90. The molecule has 9 heteroatoms. The van der Waals surface area contributed by atoms with Gasteiger partial charge in [0.25, 0.3) is 5.91 Å². The summed E-state index contributed by atoms with van der Waals surface area (Å²) >= 11 is 0. The van der Waals surface area contributed by atoms with E-state index in [0.717, 1.165) is 0 Å². The highest BCUT2D eigenvalue weighted by molar-refractivity contribution is 6.00. The lowest BCUT2D eigenvalue weighted by Gasteiger charge is -2.35. The Hall–Kier alpha value is -2.58. The smallest absolute Gasteiger partial charge is 0.450 e. The Morgan fingerprint density at radius 2 is 1.64 bits per heavy atom. The summed E-state index contributed by atoms with van der Waals surface area (Å²) in [4.78, 5) is 39.8. The molecule has 1 aromatic rings. The molecule has 28 heavy (non-hydrogen) atoms. The van der Waals surface area contributed by atoms with Crippen molar-refractivity contribution in [2.75, 3.05) is 19.6 Å². The summed E-state index contributed by atoms with van der Waals surface area (Å²) in [5.74, 6) is -3.80. The van der Waals surface area contributed by atoms with Crippen LogP contribution in [0.25, 0.3) is 0 Å². The Kier molecular flexibility index (Phi) is 5.62. The maximum absolute atomic E-state index is 12.9. The molecule has 2 aliphatic heterocycles. The number of carbonyl (C=O) groups is 3. The van der Waals surface area contributed by atoms with Crippen LogP contribution in [0.3, 0.4) is 0 Å². The zero-order valence-electron chi connectivity index (χ0n) is 15.1. The number of hydrogen-bond donors (Lipinski definition) is 1. The van der Waals surface area contributed by atoms with E-state index >= 15 is 0 Å². The molecule has 6 nitrogen and oxygen atoms in total. The molecule has 1 atom stereocenters. The molecule has 2 fully saturated rings.